The van der Waals surface area contributed by atoms with E-state index in [1.807, 2.05) is 0 Å². The monoisotopic (exact) mass is 265 g/mol. The highest BCUT2D eigenvalue weighted by molar-refractivity contribution is 7.92. The normalized spacial score (nSPS) is 15.8. The van der Waals surface area contributed by atoms with Gasteiger partial charge in [-0.2, -0.15) is 0 Å². The number of rotatable bonds is 7. The molecule has 16 heavy (non-hydrogen) atoms. The zero-order chi connectivity index (χ0) is 12.2. The molecule has 0 saturated heterocycles. The maximum absolute atomic E-state index is 11.2. The summed E-state index contributed by atoms with van der Waals surface area (Å²) in [5, 5.41) is 2.76. The molecule has 1 amide bonds. The fraction of sp³-hybridized carbons (Fsp3) is 0.750. The summed E-state index contributed by atoms with van der Waals surface area (Å²) in [5.41, 5.74) is 5.12. The average molecular weight is 265 g/mol. The molecule has 1 rings (SSSR count). The van der Waals surface area contributed by atoms with Gasteiger partial charge in [0.25, 0.3) is 0 Å². The molecule has 0 unspecified atom stereocenters. The zero-order valence-electron chi connectivity index (χ0n) is 8.73. The van der Waals surface area contributed by atoms with Crippen molar-refractivity contribution in [2.24, 2.45) is 5.73 Å². The molecule has 0 aromatic carbocycles. The Morgan fingerprint density at radius 3 is 2.56 bits per heavy atom. The Balaban J connectivity index is 2.18. The minimum atomic E-state index is -3.49. The van der Waals surface area contributed by atoms with Crippen LogP contribution in [0.4, 0.5) is 0 Å². The van der Waals surface area contributed by atoms with Crippen LogP contribution in [-0.2, 0) is 14.8 Å². The lowest BCUT2D eigenvalue weighted by atomic mass is 10.4. The SMILES string of the molecule is NC(=S)CS(=O)(=O)NCCC(=O)NC1CC1. The summed E-state index contributed by atoms with van der Waals surface area (Å²) in [6, 6.07) is 0.292. The molecule has 1 aliphatic rings. The Morgan fingerprint density at radius 1 is 1.44 bits per heavy atom. The molecule has 0 aliphatic heterocycles. The zero-order valence-corrected chi connectivity index (χ0v) is 10.4. The molecule has 0 heterocycles. The Labute approximate surface area is 100 Å². The van der Waals surface area contributed by atoms with Crippen molar-refractivity contribution in [3.63, 3.8) is 0 Å². The largest absolute Gasteiger partial charge is 0.392 e. The third-order valence-electron chi connectivity index (χ3n) is 1.95. The van der Waals surface area contributed by atoms with Gasteiger partial charge in [0.05, 0.1) is 4.99 Å². The standard InChI is InChI=1S/C8H15N3O3S2/c9-7(15)5-16(13,14)10-4-3-8(12)11-6-1-2-6/h6,10H,1-5H2,(H2,9,15)(H,11,12). The molecule has 1 fully saturated rings. The second-order valence-corrected chi connectivity index (χ2v) is 6.04. The quantitative estimate of drug-likeness (QED) is 0.505. The van der Waals surface area contributed by atoms with Gasteiger partial charge in [-0.3, -0.25) is 4.79 Å². The predicted octanol–water partition coefficient (Wildman–Crippen LogP) is -1.14. The van der Waals surface area contributed by atoms with Crippen LogP contribution in [0.5, 0.6) is 0 Å². The van der Waals surface area contributed by atoms with Gasteiger partial charge in [-0.1, -0.05) is 12.2 Å². The molecular formula is C8H15N3O3S2. The van der Waals surface area contributed by atoms with Gasteiger partial charge >= 0.3 is 0 Å². The summed E-state index contributed by atoms with van der Waals surface area (Å²) < 4.78 is 24.8. The van der Waals surface area contributed by atoms with E-state index in [2.05, 4.69) is 22.3 Å². The van der Waals surface area contributed by atoms with E-state index in [0.29, 0.717) is 6.04 Å². The van der Waals surface area contributed by atoms with E-state index in [0.717, 1.165) is 12.8 Å². The van der Waals surface area contributed by atoms with Crippen molar-refractivity contribution in [2.45, 2.75) is 25.3 Å². The van der Waals surface area contributed by atoms with Gasteiger partial charge in [0.2, 0.25) is 15.9 Å². The number of thiocarbonyl (C=S) groups is 1. The molecule has 92 valence electrons. The Morgan fingerprint density at radius 2 is 2.06 bits per heavy atom. The smallest absolute Gasteiger partial charge is 0.221 e. The van der Waals surface area contributed by atoms with Gasteiger partial charge in [0, 0.05) is 19.0 Å². The Kier molecular flexibility index (Phi) is 4.63. The molecule has 1 aliphatic carbocycles. The van der Waals surface area contributed by atoms with Gasteiger partial charge in [-0.15, -0.1) is 0 Å². The van der Waals surface area contributed by atoms with Crippen molar-refractivity contribution in [3.05, 3.63) is 0 Å². The summed E-state index contributed by atoms with van der Waals surface area (Å²) in [7, 11) is -3.49. The highest BCUT2D eigenvalue weighted by Gasteiger charge is 2.23. The fourth-order valence-electron chi connectivity index (χ4n) is 1.09. The van der Waals surface area contributed by atoms with Gasteiger partial charge in [-0.05, 0) is 12.8 Å². The molecule has 0 aromatic rings. The number of hydrogen-bond acceptors (Lipinski definition) is 4. The van der Waals surface area contributed by atoms with Gasteiger partial charge in [0.1, 0.15) is 5.75 Å². The molecular weight excluding hydrogens is 250 g/mol. The predicted molar refractivity (Wildman–Crippen MR) is 64.4 cm³/mol. The van der Waals surface area contributed by atoms with Crippen LogP contribution in [0.2, 0.25) is 0 Å². The fourth-order valence-corrected chi connectivity index (χ4v) is 2.44. The number of sulfonamides is 1. The van der Waals surface area contributed by atoms with E-state index in [1.54, 1.807) is 0 Å². The van der Waals surface area contributed by atoms with Crippen LogP contribution in [0.25, 0.3) is 0 Å². The number of carbonyl (C=O) groups excluding carboxylic acids is 1. The Hall–Kier alpha value is -0.730. The lowest BCUT2D eigenvalue weighted by Gasteiger charge is -2.06. The van der Waals surface area contributed by atoms with Crippen molar-refractivity contribution in [2.75, 3.05) is 12.3 Å². The molecule has 0 aromatic heterocycles. The van der Waals surface area contributed by atoms with E-state index in [4.69, 9.17) is 5.73 Å². The van der Waals surface area contributed by atoms with E-state index < -0.39 is 10.0 Å². The molecule has 0 radical (unpaired) electrons. The van der Waals surface area contributed by atoms with Crippen LogP contribution >= 0.6 is 12.2 Å². The minimum absolute atomic E-state index is 0.0729. The van der Waals surface area contributed by atoms with Crippen LogP contribution < -0.4 is 15.8 Å². The first-order valence-corrected chi connectivity index (χ1v) is 7.00. The third-order valence-corrected chi connectivity index (χ3v) is 3.61. The minimum Gasteiger partial charge on any atom is -0.392 e. The summed E-state index contributed by atoms with van der Waals surface area (Å²) in [6.45, 7) is 0.0729. The molecule has 8 heteroatoms. The number of nitrogens with one attached hydrogen (secondary N) is 2. The molecule has 0 spiro atoms. The van der Waals surface area contributed by atoms with Crippen LogP contribution in [-0.4, -0.2) is 37.7 Å². The average Bonchev–Trinajstić information content (AvgIpc) is 2.84. The molecule has 6 nitrogen and oxygen atoms in total. The first-order valence-electron chi connectivity index (χ1n) is 4.94. The van der Waals surface area contributed by atoms with E-state index in [1.165, 1.54) is 0 Å². The summed E-state index contributed by atoms with van der Waals surface area (Å²) >= 11 is 4.49. The second kappa shape index (κ2) is 5.55. The van der Waals surface area contributed by atoms with Gasteiger partial charge in [0.15, 0.2) is 0 Å². The number of amides is 1. The van der Waals surface area contributed by atoms with Crippen LogP contribution in [0.1, 0.15) is 19.3 Å². The lowest BCUT2D eigenvalue weighted by molar-refractivity contribution is -0.121. The molecule has 0 atom stereocenters. The maximum Gasteiger partial charge on any atom is 0.221 e. The lowest BCUT2D eigenvalue weighted by Crippen LogP contribution is -2.35. The van der Waals surface area contributed by atoms with Gasteiger partial charge < -0.3 is 11.1 Å². The number of hydrogen-bond donors (Lipinski definition) is 3. The number of nitrogens with two attached hydrogens (primary N) is 1. The van der Waals surface area contributed by atoms with E-state index in [9.17, 15) is 13.2 Å². The van der Waals surface area contributed by atoms with E-state index >= 15 is 0 Å². The van der Waals surface area contributed by atoms with Crippen LogP contribution in [0, 0.1) is 0 Å². The van der Waals surface area contributed by atoms with Crippen molar-refractivity contribution >= 4 is 33.1 Å². The molecule has 4 N–H and O–H groups in total. The molecule has 0 bridgehead atoms. The summed E-state index contributed by atoms with van der Waals surface area (Å²) in [6.07, 6.45) is 2.16. The highest BCUT2D eigenvalue weighted by Crippen LogP contribution is 2.18. The third kappa shape index (κ3) is 5.99. The first kappa shape index (κ1) is 13.3. The first-order chi connectivity index (χ1) is 7.39. The van der Waals surface area contributed by atoms with Crippen LogP contribution in [0.3, 0.4) is 0 Å². The summed E-state index contributed by atoms with van der Waals surface area (Å²) in [5.74, 6) is -0.521. The van der Waals surface area contributed by atoms with Crippen molar-refractivity contribution < 1.29 is 13.2 Å². The Bertz CT molecular complexity index is 376. The van der Waals surface area contributed by atoms with Gasteiger partial charge in [-0.25, -0.2) is 13.1 Å². The molecule has 1 saturated carbocycles. The number of carbonyl (C=O) groups is 1. The highest BCUT2D eigenvalue weighted by atomic mass is 32.2. The van der Waals surface area contributed by atoms with Crippen molar-refractivity contribution in [1.82, 2.24) is 10.0 Å². The van der Waals surface area contributed by atoms with Crippen LogP contribution in [0.15, 0.2) is 0 Å². The summed E-state index contributed by atoms with van der Waals surface area (Å²) in [4.78, 5) is 11.1. The van der Waals surface area contributed by atoms with Crippen molar-refractivity contribution in [3.8, 4) is 0 Å². The maximum atomic E-state index is 11.2. The topological polar surface area (TPSA) is 101 Å². The second-order valence-electron chi connectivity index (χ2n) is 3.71. The van der Waals surface area contributed by atoms with E-state index in [-0.39, 0.29) is 29.6 Å². The van der Waals surface area contributed by atoms with Crippen molar-refractivity contribution in [1.29, 1.82) is 0 Å².